The molecule has 3 heteroatoms. The molecule has 0 aliphatic rings. The molecule has 0 aliphatic carbocycles. The van der Waals surface area contributed by atoms with Gasteiger partial charge in [0, 0.05) is 9.52 Å². The molecule has 0 radical (unpaired) electrons. The van der Waals surface area contributed by atoms with Gasteiger partial charge < -0.3 is 13.0 Å². The van der Waals surface area contributed by atoms with Crippen molar-refractivity contribution in [3.63, 3.8) is 0 Å². The number of allylic oxidation sites excluding steroid dienone is 1. The van der Waals surface area contributed by atoms with E-state index in [2.05, 4.69) is 41.8 Å². The summed E-state index contributed by atoms with van der Waals surface area (Å²) in [6.07, 6.45) is 3.66. The Hall–Kier alpha value is 0.263. The first-order chi connectivity index (χ1) is 4.83. The molecule has 0 saturated heterocycles. The van der Waals surface area contributed by atoms with E-state index in [4.69, 9.17) is 3.87 Å². The first kappa shape index (κ1) is 16.7. The van der Waals surface area contributed by atoms with Crippen LogP contribution in [0.15, 0.2) is 6.58 Å². The van der Waals surface area contributed by atoms with E-state index in [1.165, 1.54) is 6.04 Å². The summed E-state index contributed by atoms with van der Waals surface area (Å²) in [7, 11) is 0.351. The zero-order valence-corrected chi connectivity index (χ0v) is 9.23. The molecule has 0 fully saturated rings. The third kappa shape index (κ3) is 85.1. The molecule has 0 aromatic carbocycles. The first-order valence-corrected chi connectivity index (χ1v) is 6.04. The van der Waals surface area contributed by atoms with Crippen LogP contribution in [0.3, 0.4) is 0 Å². The fourth-order valence-corrected chi connectivity index (χ4v) is 0.750. The second-order valence-corrected chi connectivity index (χ2v) is 3.27. The maximum absolute atomic E-state index is 7.94. The molecule has 0 heterocycles. The second kappa shape index (κ2) is 34.8. The van der Waals surface area contributed by atoms with Crippen LogP contribution in [0, 0.1) is 13.0 Å². The predicted octanol–water partition coefficient (Wildman–Crippen LogP) is 1.72. The average Bonchev–Trinajstić information content (AvgIpc) is 1.96. The Morgan fingerprint density at radius 3 is 2.00 bits per heavy atom. The topological polar surface area (TPSA) is 17.1 Å². The van der Waals surface area contributed by atoms with E-state index >= 15 is 0 Å². The molecule has 0 unspecified atom stereocenters. The normalized spacial score (nSPS) is 7.20. The zero-order chi connectivity index (χ0) is 8.83. The Morgan fingerprint density at radius 2 is 2.00 bits per heavy atom. The molecule has 0 amide bonds. The van der Waals surface area contributed by atoms with Gasteiger partial charge in [0.15, 0.2) is 0 Å². The number of rotatable bonds is 2. The van der Waals surface area contributed by atoms with Crippen molar-refractivity contribution in [2.75, 3.05) is 0 Å². The van der Waals surface area contributed by atoms with Crippen LogP contribution < -0.4 is 0 Å². The summed E-state index contributed by atoms with van der Waals surface area (Å²) in [5, 5.41) is 0. The number of hydrogen-bond acceptors (Lipinski definition) is 1. The van der Waals surface area contributed by atoms with E-state index < -0.39 is 0 Å². The van der Waals surface area contributed by atoms with Crippen molar-refractivity contribution >= 4 is 9.52 Å². The Balaban J connectivity index is -0.0000000847. The van der Waals surface area contributed by atoms with Crippen molar-refractivity contribution < 1.29 is 19.5 Å². The summed E-state index contributed by atoms with van der Waals surface area (Å²) in [6, 6.07) is 1.42. The van der Waals surface area contributed by atoms with Crippen molar-refractivity contribution in [2.24, 2.45) is 0 Å². The van der Waals surface area contributed by atoms with Crippen LogP contribution in [0.5, 0.6) is 0 Å². The van der Waals surface area contributed by atoms with Gasteiger partial charge in [0.25, 0.3) is 0 Å². The fraction of sp³-hybridized carbons (Fsp3) is 0.571. The average molecular weight is 203 g/mol. The molecule has 1 nitrogen and oxygen atoms in total. The van der Waals surface area contributed by atoms with Gasteiger partial charge in [-0.05, 0) is 0 Å². The zero-order valence-electron chi connectivity index (χ0n) is 6.78. The van der Waals surface area contributed by atoms with Gasteiger partial charge >= 0.3 is 19.5 Å². The first-order valence-electron chi connectivity index (χ1n) is 3.20. The van der Waals surface area contributed by atoms with Gasteiger partial charge in [-0.25, -0.2) is 0 Å². The van der Waals surface area contributed by atoms with Crippen molar-refractivity contribution in [1.82, 2.24) is 0 Å². The molecule has 0 rings (SSSR count). The third-order valence-electron chi connectivity index (χ3n) is 0.604. The molecule has 0 N–H and O–H groups in total. The van der Waals surface area contributed by atoms with E-state index in [1.807, 2.05) is 0 Å². The molecular weight excluding hydrogens is 187 g/mol. The van der Waals surface area contributed by atoms with Crippen molar-refractivity contribution in [2.45, 2.75) is 25.9 Å². The second-order valence-electron chi connectivity index (χ2n) is 1.56. The molecule has 0 aliphatic heterocycles. The van der Waals surface area contributed by atoms with E-state index in [1.54, 1.807) is 6.92 Å². The van der Waals surface area contributed by atoms with E-state index in [0.717, 1.165) is 6.42 Å². The molecule has 0 saturated carbocycles. The van der Waals surface area contributed by atoms with Crippen molar-refractivity contribution in [3.05, 3.63) is 19.6 Å². The van der Waals surface area contributed by atoms with Crippen LogP contribution >= 0.6 is 0 Å². The standard InChI is InChI=1S/C4H11Si.C3H5.Co.O/c1-3-4-5-2;1-3-2;;/h1,3-5H2,2H3;1H2,2H3;;/q2*-1;;. The minimum absolute atomic E-state index is 0.351. The Morgan fingerprint density at radius 1 is 1.70 bits per heavy atom. The van der Waals surface area contributed by atoms with Gasteiger partial charge in [0.05, 0.1) is 0 Å². The van der Waals surface area contributed by atoms with Crippen LogP contribution in [0.4, 0.5) is 0 Å². The van der Waals surface area contributed by atoms with Crippen LogP contribution in [0.2, 0.25) is 12.6 Å². The molecular formula is C7H16CoOSi-2. The molecule has 0 bridgehead atoms. The Bertz CT molecular complexity index is 48.9. The molecule has 0 atom stereocenters. The third-order valence-corrected chi connectivity index (χ3v) is 1.81. The summed E-state index contributed by atoms with van der Waals surface area (Å²) < 4.78 is 7.94. The minimum atomic E-state index is 0.351. The van der Waals surface area contributed by atoms with Crippen LogP contribution in [0.25, 0.3) is 0 Å². The molecule has 0 aromatic heterocycles. The summed E-state index contributed by atoms with van der Waals surface area (Å²) in [4.78, 5) is 0. The quantitative estimate of drug-likeness (QED) is 0.493. The van der Waals surface area contributed by atoms with Gasteiger partial charge in [0.2, 0.25) is 0 Å². The molecule has 0 spiro atoms. The van der Waals surface area contributed by atoms with E-state index in [-0.39, 0.29) is 0 Å². The summed E-state index contributed by atoms with van der Waals surface area (Å²) in [5.74, 6) is 0. The predicted molar refractivity (Wildman–Crippen MR) is 44.4 cm³/mol. The molecule has 65 valence electrons. The Kier molecular flexibility index (Phi) is 58.1. The number of hydrogen-bond donors (Lipinski definition) is 0. The maximum atomic E-state index is 7.94. The van der Waals surface area contributed by atoms with Gasteiger partial charge in [-0.1, -0.05) is 12.6 Å². The van der Waals surface area contributed by atoms with Crippen LogP contribution in [-0.2, 0) is 19.5 Å². The van der Waals surface area contributed by atoms with E-state index in [0.29, 0.717) is 9.52 Å². The molecule has 0 aromatic rings. The SMILES string of the molecule is C=[C-]C.[CH2-]CC[SiH2]C.[O]=[Co]. The van der Waals surface area contributed by atoms with Crippen molar-refractivity contribution in [3.8, 4) is 0 Å². The van der Waals surface area contributed by atoms with Gasteiger partial charge in [0.1, 0.15) is 0 Å². The summed E-state index contributed by atoms with van der Waals surface area (Å²) >= 11 is 2.31. The van der Waals surface area contributed by atoms with Crippen molar-refractivity contribution in [1.29, 1.82) is 0 Å². The van der Waals surface area contributed by atoms with Gasteiger partial charge in [-0.2, -0.15) is 13.3 Å². The summed E-state index contributed by atoms with van der Waals surface area (Å²) in [6.45, 7) is 11.0. The fourth-order valence-electron chi connectivity index (χ4n) is 0.250. The monoisotopic (exact) mass is 203 g/mol. The van der Waals surface area contributed by atoms with Crippen LogP contribution in [0.1, 0.15) is 13.3 Å². The van der Waals surface area contributed by atoms with Gasteiger partial charge in [-0.3, -0.25) is 6.58 Å². The summed E-state index contributed by atoms with van der Waals surface area (Å²) in [5.41, 5.74) is 0. The molecule has 10 heavy (non-hydrogen) atoms. The van der Waals surface area contributed by atoms with Gasteiger partial charge in [-0.15, -0.1) is 0 Å². The van der Waals surface area contributed by atoms with E-state index in [9.17, 15) is 0 Å². The van der Waals surface area contributed by atoms with Crippen LogP contribution in [-0.4, -0.2) is 9.52 Å². The Labute approximate surface area is 74.9 Å².